The monoisotopic (exact) mass is 262 g/mol. The molecule has 3 aliphatic rings. The third kappa shape index (κ3) is 1.52. The van der Waals surface area contributed by atoms with Crippen molar-refractivity contribution in [2.24, 2.45) is 16.7 Å². The minimum atomic E-state index is -0.235. The summed E-state index contributed by atoms with van der Waals surface area (Å²) in [7, 11) is -0.153. The minimum Gasteiger partial charge on any atom is -0.400 e. The summed E-state index contributed by atoms with van der Waals surface area (Å²) in [5.74, 6) is 0.687. The van der Waals surface area contributed by atoms with E-state index in [4.69, 9.17) is 9.31 Å². The molecule has 2 atom stereocenters. The maximum atomic E-state index is 6.27. The summed E-state index contributed by atoms with van der Waals surface area (Å²) in [6.45, 7) is 15.7. The Morgan fingerprint density at radius 2 is 1.53 bits per heavy atom. The van der Waals surface area contributed by atoms with Crippen LogP contribution in [0.2, 0.25) is 0 Å². The van der Waals surface area contributed by atoms with Gasteiger partial charge in [0, 0.05) is 0 Å². The molecule has 19 heavy (non-hydrogen) atoms. The highest BCUT2D eigenvalue weighted by atomic mass is 16.7. The lowest BCUT2D eigenvalue weighted by molar-refractivity contribution is 0.00578. The van der Waals surface area contributed by atoms with Crippen LogP contribution in [0.25, 0.3) is 0 Å². The predicted molar refractivity (Wildman–Crippen MR) is 78.8 cm³/mol. The summed E-state index contributed by atoms with van der Waals surface area (Å²) >= 11 is 0. The summed E-state index contributed by atoms with van der Waals surface area (Å²) in [5, 5.41) is 0. The third-order valence-electron chi connectivity index (χ3n) is 6.83. The molecule has 106 valence electrons. The van der Waals surface area contributed by atoms with Crippen molar-refractivity contribution in [3.8, 4) is 0 Å². The van der Waals surface area contributed by atoms with Crippen LogP contribution in [0.1, 0.15) is 61.3 Å². The Labute approximate surface area is 118 Å². The van der Waals surface area contributed by atoms with Gasteiger partial charge >= 0.3 is 7.12 Å². The first kappa shape index (κ1) is 13.7. The largest absolute Gasteiger partial charge is 0.490 e. The van der Waals surface area contributed by atoms with Crippen LogP contribution >= 0.6 is 0 Å². The highest BCUT2D eigenvalue weighted by Gasteiger charge is 2.63. The Hall–Kier alpha value is -0.275. The van der Waals surface area contributed by atoms with Crippen LogP contribution in [0.5, 0.6) is 0 Å². The molecule has 0 amide bonds. The molecule has 0 radical (unpaired) electrons. The van der Waals surface area contributed by atoms with Gasteiger partial charge in [-0.05, 0) is 62.8 Å². The van der Waals surface area contributed by atoms with Crippen LogP contribution in [0.3, 0.4) is 0 Å². The van der Waals surface area contributed by atoms with Gasteiger partial charge in [-0.15, -0.1) is 0 Å². The average Bonchev–Trinajstić information content (AvgIpc) is 2.68. The molecule has 1 saturated heterocycles. The molecule has 2 bridgehead atoms. The summed E-state index contributed by atoms with van der Waals surface area (Å²) in [5.41, 5.74) is 1.50. The van der Waals surface area contributed by atoms with E-state index in [9.17, 15) is 0 Å². The molecule has 2 unspecified atom stereocenters. The van der Waals surface area contributed by atoms with Gasteiger partial charge in [-0.1, -0.05) is 26.8 Å². The molecular weight excluding hydrogens is 235 g/mol. The fourth-order valence-electron chi connectivity index (χ4n) is 4.05. The first-order chi connectivity index (χ1) is 8.51. The van der Waals surface area contributed by atoms with Gasteiger partial charge in [0.05, 0.1) is 11.2 Å². The predicted octanol–water partition coefficient (Wildman–Crippen LogP) is 4.00. The van der Waals surface area contributed by atoms with Crippen LogP contribution < -0.4 is 0 Å². The summed E-state index contributed by atoms with van der Waals surface area (Å²) < 4.78 is 12.5. The molecule has 1 heterocycles. The highest BCUT2D eigenvalue weighted by molar-refractivity contribution is 6.55. The van der Waals surface area contributed by atoms with E-state index in [0.717, 1.165) is 0 Å². The Bertz CT molecular complexity index is 434. The molecule has 3 rings (SSSR count). The van der Waals surface area contributed by atoms with Gasteiger partial charge in [0.15, 0.2) is 0 Å². The molecule has 0 aromatic rings. The van der Waals surface area contributed by atoms with E-state index < -0.39 is 0 Å². The van der Waals surface area contributed by atoms with Crippen LogP contribution in [0.4, 0.5) is 0 Å². The normalized spacial score (nSPS) is 41.7. The fourth-order valence-corrected chi connectivity index (χ4v) is 4.05. The van der Waals surface area contributed by atoms with Crippen molar-refractivity contribution >= 4 is 7.12 Å². The van der Waals surface area contributed by atoms with Crippen molar-refractivity contribution in [2.75, 3.05) is 0 Å². The lowest BCUT2D eigenvalue weighted by Gasteiger charge is -2.38. The molecular formula is C16H27BO2. The van der Waals surface area contributed by atoms with E-state index in [0.29, 0.717) is 11.3 Å². The fraction of sp³-hybridized carbons (Fsp3) is 0.875. The van der Waals surface area contributed by atoms with Gasteiger partial charge < -0.3 is 9.31 Å². The SMILES string of the molecule is CC1(C)OB(C2=CC3CCC2(C)C3(C)C)OC1(C)C. The maximum Gasteiger partial charge on any atom is 0.490 e. The summed E-state index contributed by atoms with van der Waals surface area (Å²) in [6, 6.07) is 0. The summed E-state index contributed by atoms with van der Waals surface area (Å²) in [4.78, 5) is 0. The van der Waals surface area contributed by atoms with Gasteiger partial charge in [0.2, 0.25) is 0 Å². The smallest absolute Gasteiger partial charge is 0.400 e. The molecule has 0 N–H and O–H groups in total. The van der Waals surface area contributed by atoms with Crippen molar-refractivity contribution in [3.05, 3.63) is 11.5 Å². The first-order valence-corrected chi connectivity index (χ1v) is 7.59. The number of allylic oxidation sites excluding steroid dienone is 2. The van der Waals surface area contributed by atoms with Gasteiger partial charge in [-0.3, -0.25) is 0 Å². The second-order valence-electron chi connectivity index (χ2n) is 8.41. The Balaban J connectivity index is 1.93. The molecule has 0 aromatic heterocycles. The number of fused-ring (bicyclic) bond motifs is 2. The quantitative estimate of drug-likeness (QED) is 0.665. The summed E-state index contributed by atoms with van der Waals surface area (Å²) in [6.07, 6.45) is 5.03. The van der Waals surface area contributed by atoms with E-state index in [1.54, 1.807) is 0 Å². The standard InChI is InChI=1S/C16H27BO2/c1-13(2)11-8-9-16(13,7)12(10-11)17-18-14(3,4)15(5,6)19-17/h10-11H,8-9H2,1-7H3. The van der Waals surface area contributed by atoms with Crippen molar-refractivity contribution in [3.63, 3.8) is 0 Å². The maximum absolute atomic E-state index is 6.27. The Kier molecular flexibility index (Phi) is 2.51. The van der Waals surface area contributed by atoms with E-state index >= 15 is 0 Å². The van der Waals surface area contributed by atoms with Crippen molar-refractivity contribution < 1.29 is 9.31 Å². The van der Waals surface area contributed by atoms with Crippen LogP contribution in [0.15, 0.2) is 11.5 Å². The van der Waals surface area contributed by atoms with Gasteiger partial charge in [0.1, 0.15) is 0 Å². The van der Waals surface area contributed by atoms with E-state index in [2.05, 4.69) is 54.5 Å². The van der Waals surface area contributed by atoms with E-state index in [-0.39, 0.29) is 23.7 Å². The highest BCUT2D eigenvalue weighted by Crippen LogP contribution is 2.66. The minimum absolute atomic E-state index is 0.153. The van der Waals surface area contributed by atoms with E-state index in [1.807, 2.05) is 0 Å². The molecule has 0 spiro atoms. The topological polar surface area (TPSA) is 18.5 Å². The van der Waals surface area contributed by atoms with Crippen molar-refractivity contribution in [2.45, 2.75) is 72.5 Å². The first-order valence-electron chi connectivity index (χ1n) is 7.59. The van der Waals surface area contributed by atoms with Crippen LogP contribution in [0, 0.1) is 16.7 Å². The Morgan fingerprint density at radius 3 is 1.89 bits per heavy atom. The Morgan fingerprint density at radius 1 is 1.00 bits per heavy atom. The van der Waals surface area contributed by atoms with E-state index in [1.165, 1.54) is 18.3 Å². The molecule has 1 saturated carbocycles. The number of rotatable bonds is 1. The zero-order valence-corrected chi connectivity index (χ0v) is 13.5. The van der Waals surface area contributed by atoms with Crippen LogP contribution in [-0.2, 0) is 9.31 Å². The second kappa shape index (κ2) is 3.48. The molecule has 3 heteroatoms. The lowest BCUT2D eigenvalue weighted by Crippen LogP contribution is -2.41. The van der Waals surface area contributed by atoms with Gasteiger partial charge in [-0.25, -0.2) is 0 Å². The van der Waals surface area contributed by atoms with Crippen LogP contribution in [-0.4, -0.2) is 18.3 Å². The van der Waals surface area contributed by atoms with Crippen molar-refractivity contribution in [1.29, 1.82) is 0 Å². The van der Waals surface area contributed by atoms with Gasteiger partial charge in [0.25, 0.3) is 0 Å². The third-order valence-corrected chi connectivity index (χ3v) is 6.83. The number of hydrogen-bond acceptors (Lipinski definition) is 2. The van der Waals surface area contributed by atoms with Gasteiger partial charge in [-0.2, -0.15) is 0 Å². The second-order valence-corrected chi connectivity index (χ2v) is 8.41. The average molecular weight is 262 g/mol. The molecule has 1 aliphatic heterocycles. The zero-order chi connectivity index (χ0) is 14.3. The molecule has 0 aromatic carbocycles. The lowest BCUT2D eigenvalue weighted by atomic mass is 9.57. The zero-order valence-electron chi connectivity index (χ0n) is 13.5. The molecule has 2 fully saturated rings. The van der Waals surface area contributed by atoms with Crippen molar-refractivity contribution in [1.82, 2.24) is 0 Å². The molecule has 2 nitrogen and oxygen atoms in total. The molecule has 2 aliphatic carbocycles. The number of hydrogen-bond donors (Lipinski definition) is 0.